The third-order valence-electron chi connectivity index (χ3n) is 3.21. The van der Waals surface area contributed by atoms with Gasteiger partial charge in [-0.05, 0) is 30.7 Å². The molecule has 0 spiro atoms. The molecule has 1 aromatic rings. The molecule has 8 heteroatoms. The smallest absolute Gasteiger partial charge is 0.229 e. The predicted octanol–water partition coefficient (Wildman–Crippen LogP) is 1.15. The van der Waals surface area contributed by atoms with Crippen molar-refractivity contribution in [1.29, 1.82) is 0 Å². The van der Waals surface area contributed by atoms with Crippen molar-refractivity contribution in [2.45, 2.75) is 17.4 Å². The van der Waals surface area contributed by atoms with E-state index in [4.69, 9.17) is 11.6 Å². The van der Waals surface area contributed by atoms with Crippen LogP contribution in [0, 0.1) is 0 Å². The van der Waals surface area contributed by atoms with Crippen molar-refractivity contribution in [1.82, 2.24) is 4.31 Å². The molecule has 0 radical (unpaired) electrons. The zero-order valence-electron chi connectivity index (χ0n) is 10.3. The molecule has 1 heterocycles. The maximum Gasteiger partial charge on any atom is 0.243 e. The van der Waals surface area contributed by atoms with Crippen LogP contribution in [0.5, 0.6) is 0 Å². The largest absolute Gasteiger partial charge is 0.243 e. The summed E-state index contributed by atoms with van der Waals surface area (Å²) in [5.74, 6) is -0.0749. The summed E-state index contributed by atoms with van der Waals surface area (Å²) in [6.07, 6.45) is 0.339. The van der Waals surface area contributed by atoms with Gasteiger partial charge in [-0.1, -0.05) is 11.6 Å². The normalized spacial score (nSPS) is 22.8. The molecular formula is C11H14ClNO4S2. The van der Waals surface area contributed by atoms with E-state index in [-0.39, 0.29) is 16.4 Å². The van der Waals surface area contributed by atoms with Crippen molar-refractivity contribution in [3.05, 3.63) is 29.3 Å². The highest BCUT2D eigenvalue weighted by Crippen LogP contribution is 2.24. The molecular weight excluding hydrogens is 310 g/mol. The standard InChI is InChI=1S/C11H14ClNO4S2/c1-13(10-6-7-18(14,15)8-10)19(16,17)11-4-2-9(12)3-5-11/h2-5,10H,6-8H2,1H3. The van der Waals surface area contributed by atoms with Gasteiger partial charge in [0.1, 0.15) is 0 Å². The van der Waals surface area contributed by atoms with Crippen LogP contribution in [-0.4, -0.2) is 45.7 Å². The molecule has 0 aliphatic carbocycles. The molecule has 0 saturated carbocycles. The average molecular weight is 324 g/mol. The number of rotatable bonds is 3. The second-order valence-electron chi connectivity index (χ2n) is 4.53. The summed E-state index contributed by atoms with van der Waals surface area (Å²) >= 11 is 5.72. The minimum absolute atomic E-state index is 0.0398. The van der Waals surface area contributed by atoms with Gasteiger partial charge in [0.15, 0.2) is 9.84 Å². The van der Waals surface area contributed by atoms with E-state index in [1.165, 1.54) is 31.3 Å². The van der Waals surface area contributed by atoms with Crippen molar-refractivity contribution >= 4 is 31.5 Å². The van der Waals surface area contributed by atoms with Gasteiger partial charge in [-0.2, -0.15) is 4.31 Å². The molecule has 5 nitrogen and oxygen atoms in total. The van der Waals surface area contributed by atoms with Crippen LogP contribution in [0.25, 0.3) is 0 Å². The minimum atomic E-state index is -3.68. The van der Waals surface area contributed by atoms with Crippen LogP contribution in [0.2, 0.25) is 5.02 Å². The third-order valence-corrected chi connectivity index (χ3v) is 7.14. The van der Waals surface area contributed by atoms with Gasteiger partial charge in [0.25, 0.3) is 0 Å². The predicted molar refractivity (Wildman–Crippen MR) is 73.5 cm³/mol. The fourth-order valence-electron chi connectivity index (χ4n) is 2.03. The molecule has 0 bridgehead atoms. The van der Waals surface area contributed by atoms with E-state index in [2.05, 4.69) is 0 Å². The Labute approximate surface area is 118 Å². The number of sulfone groups is 1. The molecule has 106 valence electrons. The summed E-state index contributed by atoms with van der Waals surface area (Å²) in [5.41, 5.74) is 0. The first-order valence-electron chi connectivity index (χ1n) is 5.66. The molecule has 19 heavy (non-hydrogen) atoms. The number of hydrogen-bond donors (Lipinski definition) is 0. The highest BCUT2D eigenvalue weighted by molar-refractivity contribution is 7.92. The van der Waals surface area contributed by atoms with Gasteiger partial charge in [0, 0.05) is 18.1 Å². The van der Waals surface area contributed by atoms with Crippen molar-refractivity contribution < 1.29 is 16.8 Å². The van der Waals surface area contributed by atoms with E-state index in [0.29, 0.717) is 11.4 Å². The lowest BCUT2D eigenvalue weighted by atomic mass is 10.3. The Morgan fingerprint density at radius 2 is 1.84 bits per heavy atom. The molecule has 2 rings (SSSR count). The van der Waals surface area contributed by atoms with Crippen molar-refractivity contribution in [2.75, 3.05) is 18.6 Å². The molecule has 0 amide bonds. The van der Waals surface area contributed by atoms with Crippen LogP contribution < -0.4 is 0 Å². The van der Waals surface area contributed by atoms with Crippen LogP contribution >= 0.6 is 11.6 Å². The highest BCUT2D eigenvalue weighted by atomic mass is 35.5. The number of sulfonamides is 1. The Hall–Kier alpha value is -0.630. The summed E-state index contributed by atoms with van der Waals surface area (Å²) in [5, 5.41) is 0.449. The van der Waals surface area contributed by atoms with E-state index in [9.17, 15) is 16.8 Å². The van der Waals surface area contributed by atoms with Crippen molar-refractivity contribution in [3.63, 3.8) is 0 Å². The Balaban J connectivity index is 2.27. The molecule has 1 aliphatic heterocycles. The van der Waals surface area contributed by atoms with Gasteiger partial charge < -0.3 is 0 Å². The molecule has 1 aliphatic rings. The molecule has 1 aromatic carbocycles. The summed E-state index contributed by atoms with van der Waals surface area (Å²) in [4.78, 5) is 0.115. The fourth-order valence-corrected chi connectivity index (χ4v) is 5.41. The second-order valence-corrected chi connectivity index (χ2v) is 9.19. The maximum absolute atomic E-state index is 12.3. The minimum Gasteiger partial charge on any atom is -0.229 e. The Bertz CT molecular complexity index is 667. The second kappa shape index (κ2) is 5.05. The number of halogens is 1. The number of hydrogen-bond acceptors (Lipinski definition) is 4. The maximum atomic E-state index is 12.3. The third kappa shape index (κ3) is 3.10. The lowest BCUT2D eigenvalue weighted by Crippen LogP contribution is -2.37. The van der Waals surface area contributed by atoms with Crippen LogP contribution in [0.4, 0.5) is 0 Å². The molecule has 0 N–H and O–H groups in total. The highest BCUT2D eigenvalue weighted by Gasteiger charge is 2.36. The quantitative estimate of drug-likeness (QED) is 0.836. The Morgan fingerprint density at radius 3 is 2.32 bits per heavy atom. The first-order chi connectivity index (χ1) is 8.72. The molecule has 0 aromatic heterocycles. The van der Waals surface area contributed by atoms with Crippen LogP contribution in [-0.2, 0) is 19.9 Å². The summed E-state index contributed by atoms with van der Waals surface area (Å²) in [6.45, 7) is 0. The van der Waals surface area contributed by atoms with Crippen LogP contribution in [0.15, 0.2) is 29.2 Å². The molecule has 1 saturated heterocycles. The topological polar surface area (TPSA) is 71.5 Å². The zero-order valence-corrected chi connectivity index (χ0v) is 12.7. The first-order valence-corrected chi connectivity index (χ1v) is 9.30. The van der Waals surface area contributed by atoms with Crippen LogP contribution in [0.1, 0.15) is 6.42 Å². The summed E-state index contributed by atoms with van der Waals surface area (Å²) in [7, 11) is -5.38. The van der Waals surface area contributed by atoms with Gasteiger partial charge in [-0.15, -0.1) is 0 Å². The molecule has 1 fully saturated rings. The van der Waals surface area contributed by atoms with E-state index in [1.54, 1.807) is 0 Å². The van der Waals surface area contributed by atoms with Gasteiger partial charge in [-0.25, -0.2) is 16.8 Å². The van der Waals surface area contributed by atoms with Crippen LogP contribution in [0.3, 0.4) is 0 Å². The SMILES string of the molecule is CN(C1CCS(=O)(=O)C1)S(=O)(=O)c1ccc(Cl)cc1. The lowest BCUT2D eigenvalue weighted by molar-refractivity contribution is 0.394. The molecule has 1 atom stereocenters. The van der Waals surface area contributed by atoms with Gasteiger partial charge in [-0.3, -0.25) is 0 Å². The van der Waals surface area contributed by atoms with E-state index in [1.807, 2.05) is 0 Å². The number of benzene rings is 1. The van der Waals surface area contributed by atoms with Crippen molar-refractivity contribution in [2.24, 2.45) is 0 Å². The summed E-state index contributed by atoms with van der Waals surface area (Å²) < 4.78 is 48.6. The fraction of sp³-hybridized carbons (Fsp3) is 0.455. The average Bonchev–Trinajstić information content (AvgIpc) is 2.69. The molecule has 1 unspecified atom stereocenters. The van der Waals surface area contributed by atoms with E-state index in [0.717, 1.165) is 4.31 Å². The lowest BCUT2D eigenvalue weighted by Gasteiger charge is -2.22. The van der Waals surface area contributed by atoms with E-state index < -0.39 is 25.9 Å². The van der Waals surface area contributed by atoms with Gasteiger partial charge in [0.2, 0.25) is 10.0 Å². The van der Waals surface area contributed by atoms with Crippen molar-refractivity contribution in [3.8, 4) is 0 Å². The Kier molecular flexibility index (Phi) is 3.92. The van der Waals surface area contributed by atoms with E-state index >= 15 is 0 Å². The summed E-state index contributed by atoms with van der Waals surface area (Å²) in [6, 6.07) is 5.32. The monoisotopic (exact) mass is 323 g/mol. The van der Waals surface area contributed by atoms with Gasteiger partial charge in [0.05, 0.1) is 16.4 Å². The zero-order chi connectivity index (χ0) is 14.3. The number of nitrogens with zero attached hydrogens (tertiary/aromatic N) is 1. The Morgan fingerprint density at radius 1 is 1.26 bits per heavy atom. The van der Waals surface area contributed by atoms with Gasteiger partial charge >= 0.3 is 0 Å². The first kappa shape index (κ1) is 14.8.